The van der Waals surface area contributed by atoms with Crippen LogP contribution in [0.4, 0.5) is 0 Å². The van der Waals surface area contributed by atoms with Crippen LogP contribution in [0.15, 0.2) is 35.3 Å². The summed E-state index contributed by atoms with van der Waals surface area (Å²) in [7, 11) is 0. The van der Waals surface area contributed by atoms with E-state index in [-0.39, 0.29) is 23.7 Å². The molecule has 0 spiro atoms. The van der Waals surface area contributed by atoms with Crippen LogP contribution in [0.5, 0.6) is 0 Å². The average molecular weight is 440 g/mol. The standard InChI is InChI=1S/3C7H11NS.CH4/c1-7(2,3)6-4-8-9-5-6;1-7(2,3)6-4-5-9-8-6;1-7(2,3)6-4-5-8-9-6;/h3*4-5H,1-3H3;1H4. The maximum absolute atomic E-state index is 4.23. The van der Waals surface area contributed by atoms with Crippen LogP contribution in [0, 0.1) is 0 Å². The molecule has 0 amide bonds. The van der Waals surface area contributed by atoms with Crippen molar-refractivity contribution in [2.75, 3.05) is 0 Å². The molecule has 3 aromatic rings. The Morgan fingerprint density at radius 3 is 1.61 bits per heavy atom. The zero-order valence-corrected chi connectivity index (χ0v) is 20.5. The Morgan fingerprint density at radius 2 is 1.39 bits per heavy atom. The molecule has 0 aliphatic rings. The zero-order valence-electron chi connectivity index (χ0n) is 18.0. The summed E-state index contributed by atoms with van der Waals surface area (Å²) in [5.74, 6) is 0. The Balaban J connectivity index is 0.000000384. The summed E-state index contributed by atoms with van der Waals surface area (Å²) in [6.45, 7) is 19.7. The first kappa shape index (κ1) is 26.9. The van der Waals surface area contributed by atoms with E-state index in [4.69, 9.17) is 0 Å². The summed E-state index contributed by atoms with van der Waals surface area (Å²) < 4.78 is 12.3. The molecule has 158 valence electrons. The zero-order chi connectivity index (χ0) is 20.7. The molecule has 28 heavy (non-hydrogen) atoms. The van der Waals surface area contributed by atoms with Gasteiger partial charge in [-0.3, -0.25) is 0 Å². The normalized spacial score (nSPS) is 11.5. The van der Waals surface area contributed by atoms with Gasteiger partial charge < -0.3 is 0 Å². The van der Waals surface area contributed by atoms with Gasteiger partial charge in [0, 0.05) is 33.4 Å². The van der Waals surface area contributed by atoms with Crippen LogP contribution in [0.25, 0.3) is 0 Å². The van der Waals surface area contributed by atoms with Crippen LogP contribution in [-0.4, -0.2) is 13.1 Å². The van der Waals surface area contributed by atoms with Crippen molar-refractivity contribution < 1.29 is 0 Å². The third-order valence-electron chi connectivity index (χ3n) is 3.68. The molecule has 0 N–H and O–H groups in total. The lowest BCUT2D eigenvalue weighted by Crippen LogP contribution is -2.10. The van der Waals surface area contributed by atoms with Crippen LogP contribution < -0.4 is 0 Å². The van der Waals surface area contributed by atoms with Crippen molar-refractivity contribution in [3.05, 3.63) is 51.4 Å². The highest BCUT2D eigenvalue weighted by atomic mass is 32.1. The van der Waals surface area contributed by atoms with Gasteiger partial charge in [0.15, 0.2) is 0 Å². The second kappa shape index (κ2) is 11.2. The van der Waals surface area contributed by atoms with E-state index in [1.807, 2.05) is 17.8 Å². The highest BCUT2D eigenvalue weighted by Crippen LogP contribution is 2.24. The molecule has 0 saturated heterocycles. The molecule has 6 heteroatoms. The first-order chi connectivity index (χ1) is 12.3. The molecule has 0 aliphatic carbocycles. The van der Waals surface area contributed by atoms with E-state index in [1.54, 1.807) is 11.5 Å². The molecule has 0 bridgehead atoms. The third kappa shape index (κ3) is 9.89. The Hall–Kier alpha value is -1.11. The highest BCUT2D eigenvalue weighted by molar-refractivity contribution is 7.05. The fourth-order valence-electron chi connectivity index (χ4n) is 1.78. The fraction of sp³-hybridized carbons (Fsp3) is 0.591. The molecular weight excluding hydrogens is 402 g/mol. The maximum atomic E-state index is 4.23. The van der Waals surface area contributed by atoms with Crippen LogP contribution in [0.2, 0.25) is 0 Å². The Kier molecular flexibility index (Phi) is 10.7. The van der Waals surface area contributed by atoms with Gasteiger partial charge in [-0.05, 0) is 63.1 Å². The molecule has 3 nitrogen and oxygen atoms in total. The highest BCUT2D eigenvalue weighted by Gasteiger charge is 2.15. The number of aromatic nitrogens is 3. The predicted octanol–water partition coefficient (Wildman–Crippen LogP) is 7.96. The van der Waals surface area contributed by atoms with Gasteiger partial charge in [0.1, 0.15) is 0 Å². The molecule has 0 radical (unpaired) electrons. The smallest absolute Gasteiger partial charge is 0.0595 e. The van der Waals surface area contributed by atoms with Gasteiger partial charge in [-0.25, -0.2) is 8.75 Å². The van der Waals surface area contributed by atoms with Gasteiger partial charge in [0.25, 0.3) is 0 Å². The van der Waals surface area contributed by atoms with E-state index in [0.29, 0.717) is 0 Å². The Morgan fingerprint density at radius 1 is 0.750 bits per heavy atom. The molecule has 0 aliphatic heterocycles. The largest absolute Gasteiger partial charge is 0.201 e. The second-order valence-electron chi connectivity index (χ2n) is 9.42. The number of hydrogen-bond donors (Lipinski definition) is 0. The molecule has 0 atom stereocenters. The predicted molar refractivity (Wildman–Crippen MR) is 129 cm³/mol. The molecule has 0 fully saturated rings. The minimum Gasteiger partial charge on any atom is -0.201 e. The lowest BCUT2D eigenvalue weighted by atomic mass is 9.90. The van der Waals surface area contributed by atoms with Crippen LogP contribution >= 0.6 is 34.6 Å². The number of nitrogens with zero attached hydrogens (tertiary/aromatic N) is 3. The minimum absolute atomic E-state index is 0. The Bertz CT molecular complexity index is 619. The van der Waals surface area contributed by atoms with Gasteiger partial charge in [-0.1, -0.05) is 69.7 Å². The second-order valence-corrected chi connectivity index (χ2v) is 11.6. The first-order valence-electron chi connectivity index (χ1n) is 9.03. The lowest BCUT2D eigenvalue weighted by Gasteiger charge is -2.14. The summed E-state index contributed by atoms with van der Waals surface area (Å²) in [6.07, 6.45) is 3.79. The van der Waals surface area contributed by atoms with Crippen molar-refractivity contribution in [1.29, 1.82) is 0 Å². The molecule has 0 saturated carbocycles. The molecule has 3 aromatic heterocycles. The summed E-state index contributed by atoms with van der Waals surface area (Å²) in [4.78, 5) is 1.35. The van der Waals surface area contributed by atoms with Gasteiger partial charge in [0.05, 0.1) is 5.69 Å². The summed E-state index contributed by atoms with van der Waals surface area (Å²) in [5.41, 5.74) is 3.29. The van der Waals surface area contributed by atoms with Crippen LogP contribution in [-0.2, 0) is 16.2 Å². The van der Waals surface area contributed by atoms with E-state index in [9.17, 15) is 0 Å². The van der Waals surface area contributed by atoms with Crippen LogP contribution in [0.3, 0.4) is 0 Å². The monoisotopic (exact) mass is 439 g/mol. The van der Waals surface area contributed by atoms with Crippen molar-refractivity contribution in [3.8, 4) is 0 Å². The first-order valence-corrected chi connectivity index (χ1v) is 11.5. The van der Waals surface area contributed by atoms with Crippen molar-refractivity contribution in [3.63, 3.8) is 0 Å². The SMILES string of the molecule is C.CC(C)(C)c1ccns1.CC(C)(C)c1ccsn1.CC(C)(C)c1cnsc1. The third-order valence-corrected chi connectivity index (χ3v) is 6.00. The molecule has 3 rings (SSSR count). The average Bonchev–Trinajstić information content (AvgIpc) is 3.28. The van der Waals surface area contributed by atoms with E-state index in [2.05, 4.69) is 92.9 Å². The minimum atomic E-state index is 0. The van der Waals surface area contributed by atoms with E-state index in [1.165, 1.54) is 39.2 Å². The summed E-state index contributed by atoms with van der Waals surface area (Å²) in [5, 5.41) is 4.11. The van der Waals surface area contributed by atoms with Crippen molar-refractivity contribution in [2.45, 2.75) is 86.0 Å². The van der Waals surface area contributed by atoms with Gasteiger partial charge >= 0.3 is 0 Å². The molecule has 0 unspecified atom stereocenters. The quantitative estimate of drug-likeness (QED) is 0.356. The topological polar surface area (TPSA) is 38.7 Å². The summed E-state index contributed by atoms with van der Waals surface area (Å²) in [6, 6.07) is 4.15. The van der Waals surface area contributed by atoms with Crippen molar-refractivity contribution >= 4 is 34.6 Å². The summed E-state index contributed by atoms with van der Waals surface area (Å²) >= 11 is 4.61. The maximum Gasteiger partial charge on any atom is 0.0595 e. The van der Waals surface area contributed by atoms with Crippen molar-refractivity contribution in [1.82, 2.24) is 13.1 Å². The van der Waals surface area contributed by atoms with E-state index < -0.39 is 0 Å². The van der Waals surface area contributed by atoms with E-state index >= 15 is 0 Å². The van der Waals surface area contributed by atoms with Crippen molar-refractivity contribution in [2.24, 2.45) is 0 Å². The lowest BCUT2D eigenvalue weighted by molar-refractivity contribution is 0.576. The van der Waals surface area contributed by atoms with Crippen LogP contribution in [0.1, 0.15) is 85.9 Å². The molecular formula is C22H37N3S3. The molecule has 3 heterocycles. The Labute approximate surface area is 184 Å². The van der Waals surface area contributed by atoms with Gasteiger partial charge in [-0.15, -0.1) is 0 Å². The number of rotatable bonds is 0. The van der Waals surface area contributed by atoms with Gasteiger partial charge in [0.2, 0.25) is 0 Å². The van der Waals surface area contributed by atoms with Gasteiger partial charge in [-0.2, -0.15) is 4.37 Å². The fourth-order valence-corrected chi connectivity index (χ4v) is 3.87. The number of hydrogen-bond acceptors (Lipinski definition) is 6. The molecule has 0 aromatic carbocycles. The van der Waals surface area contributed by atoms with E-state index in [0.717, 1.165) is 0 Å².